The molecule has 4 rings (SSSR count). The highest BCUT2D eigenvalue weighted by Crippen LogP contribution is 2.22. The highest BCUT2D eigenvalue weighted by molar-refractivity contribution is 5.59. The minimum atomic E-state index is 0.372. The van der Waals surface area contributed by atoms with Crippen LogP contribution in [0.25, 0.3) is 11.3 Å². The van der Waals surface area contributed by atoms with Gasteiger partial charge < -0.3 is 9.42 Å². The molecular formula is C21H19N7O. The number of benzene rings is 1. The van der Waals surface area contributed by atoms with Gasteiger partial charge in [0.1, 0.15) is 6.07 Å². The maximum absolute atomic E-state index is 9.20. The van der Waals surface area contributed by atoms with Crippen molar-refractivity contribution in [3.05, 3.63) is 59.7 Å². The fourth-order valence-electron chi connectivity index (χ4n) is 3.40. The van der Waals surface area contributed by atoms with Gasteiger partial charge in [-0.05, 0) is 12.1 Å². The SMILES string of the molecule is N#Cc1cccc(-c2cc(CCN3CCN(c4nccnc4C#N)CC3)no2)c1. The Balaban J connectivity index is 1.32. The fourth-order valence-corrected chi connectivity index (χ4v) is 3.40. The largest absolute Gasteiger partial charge is 0.356 e. The first-order chi connectivity index (χ1) is 14.3. The summed E-state index contributed by atoms with van der Waals surface area (Å²) in [7, 11) is 0. The van der Waals surface area contributed by atoms with E-state index in [4.69, 9.17) is 9.78 Å². The van der Waals surface area contributed by atoms with Crippen molar-refractivity contribution in [2.24, 2.45) is 0 Å². The number of anilines is 1. The molecule has 0 N–H and O–H groups in total. The molecule has 144 valence electrons. The monoisotopic (exact) mass is 385 g/mol. The second-order valence-corrected chi connectivity index (χ2v) is 6.79. The molecule has 29 heavy (non-hydrogen) atoms. The van der Waals surface area contributed by atoms with Crippen molar-refractivity contribution in [1.29, 1.82) is 10.5 Å². The summed E-state index contributed by atoms with van der Waals surface area (Å²) in [6, 6.07) is 13.5. The van der Waals surface area contributed by atoms with Gasteiger partial charge in [-0.2, -0.15) is 10.5 Å². The molecule has 8 heteroatoms. The molecule has 0 amide bonds. The zero-order chi connectivity index (χ0) is 20.1. The van der Waals surface area contributed by atoms with Gasteiger partial charge >= 0.3 is 0 Å². The van der Waals surface area contributed by atoms with Crippen LogP contribution in [0.4, 0.5) is 5.82 Å². The molecule has 0 spiro atoms. The summed E-state index contributed by atoms with van der Waals surface area (Å²) >= 11 is 0. The van der Waals surface area contributed by atoms with Gasteiger partial charge in [0, 0.05) is 63.2 Å². The van der Waals surface area contributed by atoms with Gasteiger partial charge in [-0.3, -0.25) is 4.90 Å². The van der Waals surface area contributed by atoms with E-state index >= 15 is 0 Å². The molecular weight excluding hydrogens is 366 g/mol. The van der Waals surface area contributed by atoms with Crippen LogP contribution in [0, 0.1) is 22.7 Å². The van der Waals surface area contributed by atoms with Crippen molar-refractivity contribution in [2.45, 2.75) is 6.42 Å². The van der Waals surface area contributed by atoms with Gasteiger partial charge in [0.25, 0.3) is 0 Å². The van der Waals surface area contributed by atoms with Crippen LogP contribution < -0.4 is 4.90 Å². The van der Waals surface area contributed by atoms with Crippen molar-refractivity contribution in [2.75, 3.05) is 37.6 Å². The molecule has 1 aromatic carbocycles. The number of rotatable bonds is 5. The van der Waals surface area contributed by atoms with Crippen molar-refractivity contribution < 1.29 is 4.52 Å². The summed E-state index contributed by atoms with van der Waals surface area (Å²) in [6.07, 6.45) is 3.95. The highest BCUT2D eigenvalue weighted by Gasteiger charge is 2.21. The van der Waals surface area contributed by atoms with Crippen LogP contribution in [0.3, 0.4) is 0 Å². The van der Waals surface area contributed by atoms with E-state index in [1.807, 2.05) is 18.2 Å². The average molecular weight is 385 g/mol. The van der Waals surface area contributed by atoms with Crippen molar-refractivity contribution in [3.8, 4) is 23.5 Å². The van der Waals surface area contributed by atoms with Gasteiger partial charge in [-0.15, -0.1) is 0 Å². The summed E-state index contributed by atoms with van der Waals surface area (Å²) in [6.45, 7) is 4.26. The Kier molecular flexibility index (Phi) is 5.46. The predicted octanol–water partition coefficient (Wildman–Crippen LogP) is 2.24. The van der Waals surface area contributed by atoms with E-state index in [9.17, 15) is 5.26 Å². The standard InChI is InChI=1S/C21H19N7O/c22-14-16-2-1-3-17(12-16)20-13-18(26-29-20)4-7-27-8-10-28(11-9-27)21-19(15-23)24-5-6-25-21/h1-3,5-6,12-13H,4,7-11H2. The van der Waals surface area contributed by atoms with Crippen LogP contribution in [0.2, 0.25) is 0 Å². The van der Waals surface area contributed by atoms with Gasteiger partial charge in [0.2, 0.25) is 0 Å². The molecule has 0 unspecified atom stereocenters. The summed E-state index contributed by atoms with van der Waals surface area (Å²) in [5.41, 5.74) is 2.72. The zero-order valence-electron chi connectivity index (χ0n) is 15.8. The smallest absolute Gasteiger partial charge is 0.183 e. The second-order valence-electron chi connectivity index (χ2n) is 6.79. The molecule has 8 nitrogen and oxygen atoms in total. The molecule has 0 bridgehead atoms. The lowest BCUT2D eigenvalue weighted by Gasteiger charge is -2.35. The second kappa shape index (κ2) is 8.51. The fraction of sp³-hybridized carbons (Fsp3) is 0.286. The predicted molar refractivity (Wildman–Crippen MR) is 106 cm³/mol. The topological polar surface area (TPSA) is 106 Å². The van der Waals surface area contributed by atoms with Crippen LogP contribution in [0.1, 0.15) is 17.0 Å². The minimum absolute atomic E-state index is 0.372. The van der Waals surface area contributed by atoms with Crippen molar-refractivity contribution in [1.82, 2.24) is 20.0 Å². The van der Waals surface area contributed by atoms with Crippen LogP contribution in [0.5, 0.6) is 0 Å². The Bertz CT molecular complexity index is 1070. The van der Waals surface area contributed by atoms with Crippen LogP contribution in [0.15, 0.2) is 47.2 Å². The lowest BCUT2D eigenvalue weighted by atomic mass is 10.1. The molecule has 0 saturated carbocycles. The lowest BCUT2D eigenvalue weighted by molar-refractivity contribution is 0.258. The Morgan fingerprint density at radius 1 is 1.00 bits per heavy atom. The Morgan fingerprint density at radius 2 is 1.83 bits per heavy atom. The number of nitriles is 2. The van der Waals surface area contributed by atoms with E-state index in [-0.39, 0.29) is 0 Å². The van der Waals surface area contributed by atoms with E-state index in [1.54, 1.807) is 24.5 Å². The lowest BCUT2D eigenvalue weighted by Crippen LogP contribution is -2.47. The maximum Gasteiger partial charge on any atom is 0.183 e. The molecule has 3 heterocycles. The summed E-state index contributed by atoms with van der Waals surface area (Å²) in [4.78, 5) is 12.9. The number of nitrogens with zero attached hydrogens (tertiary/aromatic N) is 7. The number of aromatic nitrogens is 3. The highest BCUT2D eigenvalue weighted by atomic mass is 16.5. The Labute approximate surface area is 168 Å². The average Bonchev–Trinajstić information content (AvgIpc) is 3.27. The molecule has 1 fully saturated rings. The van der Waals surface area contributed by atoms with Crippen LogP contribution >= 0.6 is 0 Å². The van der Waals surface area contributed by atoms with Crippen LogP contribution in [-0.4, -0.2) is 52.7 Å². The number of piperazine rings is 1. The molecule has 0 radical (unpaired) electrons. The van der Waals surface area contributed by atoms with E-state index in [2.05, 4.69) is 37.1 Å². The maximum atomic E-state index is 9.20. The summed E-state index contributed by atoms with van der Waals surface area (Å²) in [5, 5.41) is 22.4. The Morgan fingerprint density at radius 3 is 2.62 bits per heavy atom. The van der Waals surface area contributed by atoms with E-state index in [1.165, 1.54) is 0 Å². The molecule has 2 aromatic heterocycles. The summed E-state index contributed by atoms with van der Waals surface area (Å²) in [5.74, 6) is 1.34. The quantitative estimate of drug-likeness (QED) is 0.658. The first-order valence-electron chi connectivity index (χ1n) is 9.41. The van der Waals surface area contributed by atoms with Crippen molar-refractivity contribution >= 4 is 5.82 Å². The third kappa shape index (κ3) is 4.23. The van der Waals surface area contributed by atoms with Gasteiger partial charge in [0.15, 0.2) is 17.3 Å². The van der Waals surface area contributed by atoms with Crippen molar-refractivity contribution in [3.63, 3.8) is 0 Å². The first kappa shape index (κ1) is 18.6. The number of hydrogen-bond donors (Lipinski definition) is 0. The third-order valence-electron chi connectivity index (χ3n) is 4.98. The van der Waals surface area contributed by atoms with E-state index < -0.39 is 0 Å². The molecule has 1 aliphatic rings. The minimum Gasteiger partial charge on any atom is -0.356 e. The normalized spacial score (nSPS) is 14.3. The number of hydrogen-bond acceptors (Lipinski definition) is 8. The molecule has 1 aliphatic heterocycles. The summed E-state index contributed by atoms with van der Waals surface area (Å²) < 4.78 is 5.46. The molecule has 1 saturated heterocycles. The van der Waals surface area contributed by atoms with Gasteiger partial charge in [0.05, 0.1) is 17.3 Å². The molecule has 3 aromatic rings. The molecule has 0 aliphatic carbocycles. The molecule has 0 atom stereocenters. The zero-order valence-corrected chi connectivity index (χ0v) is 15.8. The van der Waals surface area contributed by atoms with E-state index in [0.717, 1.165) is 50.4 Å². The van der Waals surface area contributed by atoms with Crippen LogP contribution in [-0.2, 0) is 6.42 Å². The Hall–Kier alpha value is -3.75. The van der Waals surface area contributed by atoms with Gasteiger partial charge in [-0.25, -0.2) is 9.97 Å². The third-order valence-corrected chi connectivity index (χ3v) is 4.98. The van der Waals surface area contributed by atoms with E-state index in [0.29, 0.717) is 22.8 Å². The van der Waals surface area contributed by atoms with Gasteiger partial charge in [-0.1, -0.05) is 17.3 Å². The first-order valence-corrected chi connectivity index (χ1v) is 9.41.